The lowest BCUT2D eigenvalue weighted by Crippen LogP contribution is -2.34. The molecule has 1 unspecified atom stereocenters. The number of hydrogen-bond acceptors (Lipinski definition) is 3. The van der Waals surface area contributed by atoms with Crippen molar-refractivity contribution in [2.24, 2.45) is 5.92 Å². The van der Waals surface area contributed by atoms with Crippen molar-refractivity contribution in [2.75, 3.05) is 0 Å². The van der Waals surface area contributed by atoms with Crippen molar-refractivity contribution in [1.82, 2.24) is 19.9 Å². The minimum absolute atomic E-state index is 0.123. The van der Waals surface area contributed by atoms with E-state index in [0.29, 0.717) is 5.56 Å². The maximum atomic E-state index is 13.8. The van der Waals surface area contributed by atoms with Crippen molar-refractivity contribution in [3.05, 3.63) is 57.0 Å². The fourth-order valence-corrected chi connectivity index (χ4v) is 3.57. The molecule has 1 amide bonds. The molecule has 1 atom stereocenters. The number of aromatic amines is 1. The van der Waals surface area contributed by atoms with Crippen LogP contribution in [0.5, 0.6) is 0 Å². The Bertz CT molecular complexity index is 1210. The fourth-order valence-electron chi connectivity index (χ4n) is 3.57. The van der Waals surface area contributed by atoms with Gasteiger partial charge in [0.25, 0.3) is 11.5 Å². The number of halogens is 3. The largest absolute Gasteiger partial charge is 0.419 e. The third-order valence-electron chi connectivity index (χ3n) is 5.64. The molecule has 1 aliphatic rings. The molecule has 2 heterocycles. The highest BCUT2D eigenvalue weighted by molar-refractivity contribution is 5.98. The number of amides is 1. The van der Waals surface area contributed by atoms with Gasteiger partial charge in [-0.2, -0.15) is 13.2 Å². The summed E-state index contributed by atoms with van der Waals surface area (Å²) in [7, 11) is 0. The molecule has 158 valence electrons. The number of carbonyl (C=O) groups excluding carboxylic acids is 1. The van der Waals surface area contributed by atoms with E-state index in [0.717, 1.165) is 34.7 Å². The van der Waals surface area contributed by atoms with Gasteiger partial charge >= 0.3 is 6.18 Å². The van der Waals surface area contributed by atoms with E-state index in [9.17, 15) is 22.8 Å². The zero-order valence-electron chi connectivity index (χ0n) is 16.7. The summed E-state index contributed by atoms with van der Waals surface area (Å²) in [6, 6.07) is 5.12. The molecule has 0 spiro atoms. The molecule has 30 heavy (non-hydrogen) atoms. The maximum absolute atomic E-state index is 13.8. The van der Waals surface area contributed by atoms with E-state index >= 15 is 0 Å². The molecule has 0 aliphatic heterocycles. The minimum atomic E-state index is -4.89. The summed E-state index contributed by atoms with van der Waals surface area (Å²) in [6.07, 6.45) is -2.04. The third kappa shape index (κ3) is 3.59. The number of aryl methyl sites for hydroxylation is 2. The van der Waals surface area contributed by atoms with E-state index in [1.165, 1.54) is 0 Å². The number of fused-ring (bicyclic) bond motifs is 1. The Labute approximate surface area is 170 Å². The number of H-pyrrole nitrogens is 1. The predicted octanol–water partition coefficient (Wildman–Crippen LogP) is 3.85. The van der Waals surface area contributed by atoms with Crippen LogP contribution < -0.4 is 10.9 Å². The quantitative estimate of drug-likeness (QED) is 0.676. The third-order valence-corrected chi connectivity index (χ3v) is 5.64. The summed E-state index contributed by atoms with van der Waals surface area (Å²) >= 11 is 0. The first-order chi connectivity index (χ1) is 14.1. The topological polar surface area (TPSA) is 79.3 Å². The zero-order valence-corrected chi connectivity index (χ0v) is 16.7. The van der Waals surface area contributed by atoms with Crippen molar-refractivity contribution < 1.29 is 18.0 Å². The molecule has 1 aliphatic carbocycles. The van der Waals surface area contributed by atoms with Crippen molar-refractivity contribution in [2.45, 2.75) is 45.8 Å². The molecule has 0 radical (unpaired) electrons. The molecule has 2 N–H and O–H groups in total. The summed E-state index contributed by atoms with van der Waals surface area (Å²) in [5.41, 5.74) is -0.986. The number of nitrogens with one attached hydrogen (secondary N) is 2. The second-order valence-electron chi connectivity index (χ2n) is 7.91. The van der Waals surface area contributed by atoms with Gasteiger partial charge in [0.05, 0.1) is 5.56 Å². The molecule has 2 aromatic heterocycles. The van der Waals surface area contributed by atoms with Gasteiger partial charge in [-0.3, -0.25) is 9.59 Å². The fraction of sp³-hybridized carbons (Fsp3) is 0.381. The molecule has 1 aromatic carbocycles. The summed E-state index contributed by atoms with van der Waals surface area (Å²) in [5, 5.41) is 6.78. The van der Waals surface area contributed by atoms with E-state index in [-0.39, 0.29) is 17.8 Å². The van der Waals surface area contributed by atoms with E-state index in [1.807, 2.05) is 19.9 Å². The monoisotopic (exact) mass is 418 g/mol. The number of aromatic nitrogens is 3. The van der Waals surface area contributed by atoms with Crippen LogP contribution in [0, 0.1) is 19.8 Å². The lowest BCUT2D eigenvalue weighted by molar-refractivity contribution is -0.136. The Morgan fingerprint density at radius 1 is 1.27 bits per heavy atom. The molecular formula is C21H21F3N4O2. The molecule has 0 saturated heterocycles. The molecule has 9 heteroatoms. The van der Waals surface area contributed by atoms with Gasteiger partial charge in [-0.15, -0.1) is 5.10 Å². The van der Waals surface area contributed by atoms with Crippen LogP contribution in [-0.4, -0.2) is 26.5 Å². The van der Waals surface area contributed by atoms with Gasteiger partial charge in [-0.1, -0.05) is 12.1 Å². The molecule has 3 aromatic rings. The second kappa shape index (κ2) is 7.00. The van der Waals surface area contributed by atoms with Gasteiger partial charge in [0.2, 0.25) is 0 Å². The van der Waals surface area contributed by atoms with Crippen LogP contribution in [0.15, 0.2) is 29.2 Å². The highest BCUT2D eigenvalue weighted by Crippen LogP contribution is 2.36. The normalized spacial score (nSPS) is 15.4. The first kappa shape index (κ1) is 20.2. The SMILES string of the molecule is Cc1ccc(-c2nn3cc(C(=O)NC(C)C4CC4)c(C(F)(F)F)c3c(=O)[nH]2)cc1C. The zero-order chi connectivity index (χ0) is 21.8. The van der Waals surface area contributed by atoms with Crippen molar-refractivity contribution in [3.8, 4) is 11.4 Å². The average molecular weight is 418 g/mol. The van der Waals surface area contributed by atoms with Gasteiger partial charge < -0.3 is 10.3 Å². The van der Waals surface area contributed by atoms with Crippen molar-refractivity contribution in [1.29, 1.82) is 0 Å². The van der Waals surface area contributed by atoms with Crippen LogP contribution >= 0.6 is 0 Å². The van der Waals surface area contributed by atoms with Crippen LogP contribution in [0.4, 0.5) is 13.2 Å². The smallest absolute Gasteiger partial charge is 0.349 e. The van der Waals surface area contributed by atoms with Gasteiger partial charge in [0.15, 0.2) is 5.82 Å². The standard InChI is InChI=1S/C21H21F3N4O2/c1-10-4-5-14(8-11(10)2)18-26-20(30)17-16(21(22,23)24)15(9-28(17)27-18)19(29)25-12(3)13-6-7-13/h4-5,8-9,12-13H,6-7H2,1-3H3,(H,25,29)(H,26,27,30). The minimum Gasteiger partial charge on any atom is -0.349 e. The van der Waals surface area contributed by atoms with Gasteiger partial charge in [0.1, 0.15) is 11.1 Å². The summed E-state index contributed by atoms with van der Waals surface area (Å²) in [4.78, 5) is 27.7. The van der Waals surface area contributed by atoms with E-state index < -0.39 is 34.3 Å². The number of carbonyl (C=O) groups is 1. The molecule has 0 bridgehead atoms. The lowest BCUT2D eigenvalue weighted by atomic mass is 10.1. The van der Waals surface area contributed by atoms with Crippen LogP contribution in [0.3, 0.4) is 0 Å². The van der Waals surface area contributed by atoms with Crippen molar-refractivity contribution >= 4 is 11.4 Å². The van der Waals surface area contributed by atoms with Gasteiger partial charge in [-0.05, 0) is 56.7 Å². The summed E-state index contributed by atoms with van der Waals surface area (Å²) in [5.74, 6) is -0.463. The molecule has 4 rings (SSSR count). The average Bonchev–Trinajstić information content (AvgIpc) is 3.42. The Kier molecular flexibility index (Phi) is 4.71. The Morgan fingerprint density at radius 3 is 2.57 bits per heavy atom. The van der Waals surface area contributed by atoms with Crippen LogP contribution in [0.2, 0.25) is 0 Å². The van der Waals surface area contributed by atoms with E-state index in [2.05, 4.69) is 15.4 Å². The van der Waals surface area contributed by atoms with Crippen LogP contribution in [0.25, 0.3) is 16.9 Å². The maximum Gasteiger partial charge on any atom is 0.419 e. The summed E-state index contributed by atoms with van der Waals surface area (Å²) < 4.78 is 42.3. The Balaban J connectivity index is 1.86. The predicted molar refractivity (Wildman–Crippen MR) is 105 cm³/mol. The first-order valence-corrected chi connectivity index (χ1v) is 9.67. The molecular weight excluding hydrogens is 397 g/mol. The van der Waals surface area contributed by atoms with Gasteiger partial charge in [-0.25, -0.2) is 4.52 Å². The summed E-state index contributed by atoms with van der Waals surface area (Å²) in [6.45, 7) is 5.57. The Morgan fingerprint density at radius 2 is 1.97 bits per heavy atom. The number of benzene rings is 1. The number of alkyl halides is 3. The molecule has 1 saturated carbocycles. The highest BCUT2D eigenvalue weighted by Gasteiger charge is 2.41. The van der Waals surface area contributed by atoms with Crippen molar-refractivity contribution in [3.63, 3.8) is 0 Å². The first-order valence-electron chi connectivity index (χ1n) is 9.67. The van der Waals surface area contributed by atoms with Gasteiger partial charge in [0, 0.05) is 17.8 Å². The second-order valence-corrected chi connectivity index (χ2v) is 7.91. The molecule has 1 fully saturated rings. The van der Waals surface area contributed by atoms with Crippen LogP contribution in [0.1, 0.15) is 46.8 Å². The number of rotatable bonds is 4. The highest BCUT2D eigenvalue weighted by atomic mass is 19.4. The lowest BCUT2D eigenvalue weighted by Gasteiger charge is -2.13. The van der Waals surface area contributed by atoms with E-state index in [4.69, 9.17) is 0 Å². The number of nitrogens with zero attached hydrogens (tertiary/aromatic N) is 2. The van der Waals surface area contributed by atoms with E-state index in [1.54, 1.807) is 19.1 Å². The Hall–Kier alpha value is -3.10. The molecule has 6 nitrogen and oxygen atoms in total. The number of hydrogen-bond donors (Lipinski definition) is 2. The van der Waals surface area contributed by atoms with Crippen LogP contribution in [-0.2, 0) is 6.18 Å².